The fourth-order valence-corrected chi connectivity index (χ4v) is 1.39. The maximum atomic E-state index is 4.00. The Labute approximate surface area is 143 Å². The number of hydrogen-bond acceptors (Lipinski definition) is 0. The first-order chi connectivity index (χ1) is 10.9. The van der Waals surface area contributed by atoms with Gasteiger partial charge in [0.05, 0.1) is 0 Å². The second kappa shape index (κ2) is 14.4. The van der Waals surface area contributed by atoms with Gasteiger partial charge < -0.3 is 0 Å². The highest BCUT2D eigenvalue weighted by Gasteiger charge is 1.90. The lowest BCUT2D eigenvalue weighted by Crippen LogP contribution is -1.78. The maximum Gasteiger partial charge on any atom is -0.0260 e. The molecule has 0 aromatic heterocycles. The molecule has 0 fully saturated rings. The van der Waals surface area contributed by atoms with Crippen molar-refractivity contribution in [3.63, 3.8) is 0 Å². The van der Waals surface area contributed by atoms with Gasteiger partial charge in [0, 0.05) is 0 Å². The van der Waals surface area contributed by atoms with Gasteiger partial charge in [0.25, 0.3) is 0 Å². The molecule has 0 bridgehead atoms. The Bertz CT molecular complexity index is 551. The Morgan fingerprint density at radius 3 is 1.74 bits per heavy atom. The zero-order valence-corrected chi connectivity index (χ0v) is 15.3. The summed E-state index contributed by atoms with van der Waals surface area (Å²) in [6.07, 6.45) is 17.9. The second-order valence-corrected chi connectivity index (χ2v) is 5.16. The van der Waals surface area contributed by atoms with Crippen LogP contribution >= 0.6 is 0 Å². The minimum atomic E-state index is 1.09. The summed E-state index contributed by atoms with van der Waals surface area (Å²) in [5.74, 6) is 0. The summed E-state index contributed by atoms with van der Waals surface area (Å²) >= 11 is 0. The molecule has 0 saturated heterocycles. The molecule has 0 heteroatoms. The molecule has 0 radical (unpaired) electrons. The SMILES string of the molecule is C#C.C=CC(=C\C=C/C)/C=C(\C)C(=C)C.Cc1ccc(C)cc1. The van der Waals surface area contributed by atoms with Crippen molar-refractivity contribution in [2.24, 2.45) is 0 Å². The lowest BCUT2D eigenvalue weighted by molar-refractivity contribution is 1.35. The van der Waals surface area contributed by atoms with Crippen LogP contribution in [-0.2, 0) is 0 Å². The topological polar surface area (TPSA) is 0 Å². The maximum absolute atomic E-state index is 4.00. The zero-order chi connectivity index (χ0) is 18.3. The smallest absolute Gasteiger partial charge is 0.0260 e. The van der Waals surface area contributed by atoms with E-state index in [1.807, 2.05) is 38.2 Å². The monoisotopic (exact) mass is 306 g/mol. The summed E-state index contributed by atoms with van der Waals surface area (Å²) < 4.78 is 0. The lowest BCUT2D eigenvalue weighted by atomic mass is 10.1. The summed E-state index contributed by atoms with van der Waals surface area (Å²) in [6.45, 7) is 17.9. The van der Waals surface area contributed by atoms with Crippen LogP contribution in [0.25, 0.3) is 0 Å². The molecule has 1 aromatic carbocycles. The summed E-state index contributed by atoms with van der Waals surface area (Å²) in [6, 6.07) is 8.48. The van der Waals surface area contributed by atoms with Crippen LogP contribution in [0.2, 0.25) is 0 Å². The van der Waals surface area contributed by atoms with E-state index >= 15 is 0 Å². The van der Waals surface area contributed by atoms with Gasteiger partial charge in [-0.1, -0.05) is 84.5 Å². The molecular formula is C23H30. The van der Waals surface area contributed by atoms with Crippen LogP contribution in [0, 0.1) is 26.7 Å². The molecule has 0 aliphatic rings. The molecule has 122 valence electrons. The third-order valence-corrected chi connectivity index (χ3v) is 2.99. The molecule has 0 N–H and O–H groups in total. The van der Waals surface area contributed by atoms with E-state index in [9.17, 15) is 0 Å². The van der Waals surface area contributed by atoms with Gasteiger partial charge >= 0.3 is 0 Å². The van der Waals surface area contributed by atoms with Gasteiger partial charge in [-0.15, -0.1) is 12.8 Å². The number of allylic oxidation sites excluding steroid dienone is 8. The van der Waals surface area contributed by atoms with E-state index < -0.39 is 0 Å². The molecule has 1 aromatic rings. The molecule has 0 unspecified atom stereocenters. The molecule has 0 spiro atoms. The van der Waals surface area contributed by atoms with E-state index in [0.29, 0.717) is 0 Å². The van der Waals surface area contributed by atoms with E-state index in [2.05, 4.69) is 77.1 Å². The van der Waals surface area contributed by atoms with Crippen molar-refractivity contribution in [3.05, 3.63) is 95.6 Å². The van der Waals surface area contributed by atoms with Gasteiger partial charge in [0.2, 0.25) is 0 Å². The number of benzene rings is 1. The second-order valence-electron chi connectivity index (χ2n) is 5.16. The van der Waals surface area contributed by atoms with Gasteiger partial charge in [0.1, 0.15) is 0 Å². The van der Waals surface area contributed by atoms with Crippen molar-refractivity contribution in [2.45, 2.75) is 34.6 Å². The van der Waals surface area contributed by atoms with E-state index in [1.165, 1.54) is 16.7 Å². The third kappa shape index (κ3) is 12.9. The number of hydrogen-bond donors (Lipinski definition) is 0. The fourth-order valence-electron chi connectivity index (χ4n) is 1.39. The highest BCUT2D eigenvalue weighted by Crippen LogP contribution is 2.10. The first-order valence-electron chi connectivity index (χ1n) is 7.57. The lowest BCUT2D eigenvalue weighted by Gasteiger charge is -1.98. The molecule has 0 nitrogen and oxygen atoms in total. The van der Waals surface area contributed by atoms with Crippen molar-refractivity contribution in [1.29, 1.82) is 0 Å². The van der Waals surface area contributed by atoms with E-state index in [4.69, 9.17) is 0 Å². The summed E-state index contributed by atoms with van der Waals surface area (Å²) in [4.78, 5) is 0. The van der Waals surface area contributed by atoms with E-state index in [0.717, 1.165) is 11.1 Å². The van der Waals surface area contributed by atoms with Crippen molar-refractivity contribution < 1.29 is 0 Å². The minimum absolute atomic E-state index is 1.09. The van der Waals surface area contributed by atoms with Crippen LogP contribution < -0.4 is 0 Å². The molecule has 0 heterocycles. The Balaban J connectivity index is 0. The largest absolute Gasteiger partial charge is 0.124 e. The Morgan fingerprint density at radius 2 is 1.43 bits per heavy atom. The predicted molar refractivity (Wildman–Crippen MR) is 107 cm³/mol. The average molecular weight is 306 g/mol. The van der Waals surface area contributed by atoms with Crippen LogP contribution in [0.15, 0.2) is 84.5 Å². The van der Waals surface area contributed by atoms with Crippen LogP contribution in [0.5, 0.6) is 0 Å². The minimum Gasteiger partial charge on any atom is -0.124 e. The normalized spacial score (nSPS) is 10.9. The molecule has 0 aliphatic carbocycles. The van der Waals surface area contributed by atoms with Gasteiger partial charge in [0.15, 0.2) is 0 Å². The quantitative estimate of drug-likeness (QED) is 0.426. The predicted octanol–water partition coefficient (Wildman–Crippen LogP) is 6.75. The standard InChI is InChI=1S/C13H18.C8H10.C2H2/c1-6-8-9-13(7-2)10-12(5)11(3)4;1-7-3-5-8(2)6-4-7;1-2/h6-10H,2-3H2,1,4-5H3;3-6H,1-2H3;1-2H/b8-6-,12-10+,13-9+;;. The molecule has 0 aliphatic heterocycles. The van der Waals surface area contributed by atoms with Crippen LogP contribution in [0.3, 0.4) is 0 Å². The van der Waals surface area contributed by atoms with E-state index in [1.54, 1.807) is 0 Å². The van der Waals surface area contributed by atoms with Gasteiger partial charge in [-0.2, -0.15) is 0 Å². The average Bonchev–Trinajstić information content (AvgIpc) is 2.56. The Morgan fingerprint density at radius 1 is 1.00 bits per heavy atom. The summed E-state index contributed by atoms with van der Waals surface area (Å²) in [7, 11) is 0. The highest BCUT2D eigenvalue weighted by molar-refractivity contribution is 5.39. The molecule has 0 saturated carbocycles. The molecular weight excluding hydrogens is 276 g/mol. The molecule has 0 amide bonds. The number of terminal acetylenes is 1. The highest BCUT2D eigenvalue weighted by atomic mass is 14.0. The van der Waals surface area contributed by atoms with Crippen molar-refractivity contribution >= 4 is 0 Å². The van der Waals surface area contributed by atoms with Crippen LogP contribution in [0.4, 0.5) is 0 Å². The molecule has 1 rings (SSSR count). The van der Waals surface area contributed by atoms with Crippen molar-refractivity contribution in [3.8, 4) is 12.8 Å². The fraction of sp³-hybridized carbons (Fsp3) is 0.217. The van der Waals surface area contributed by atoms with Crippen molar-refractivity contribution in [1.82, 2.24) is 0 Å². The third-order valence-electron chi connectivity index (χ3n) is 2.99. The molecule has 0 atom stereocenters. The van der Waals surface area contributed by atoms with Crippen molar-refractivity contribution in [2.75, 3.05) is 0 Å². The first-order valence-corrected chi connectivity index (χ1v) is 7.57. The van der Waals surface area contributed by atoms with Crippen LogP contribution in [0.1, 0.15) is 31.9 Å². The Hall–Kier alpha value is -2.52. The Kier molecular flexibility index (Phi) is 14.3. The molecule has 23 heavy (non-hydrogen) atoms. The van der Waals surface area contributed by atoms with E-state index in [-0.39, 0.29) is 0 Å². The number of rotatable bonds is 4. The first kappa shape index (κ1) is 22.8. The van der Waals surface area contributed by atoms with Crippen LogP contribution in [-0.4, -0.2) is 0 Å². The van der Waals surface area contributed by atoms with Gasteiger partial charge in [-0.05, 0) is 45.8 Å². The van der Waals surface area contributed by atoms with Gasteiger partial charge in [-0.3, -0.25) is 0 Å². The zero-order valence-electron chi connectivity index (χ0n) is 15.3. The summed E-state index contributed by atoms with van der Waals surface area (Å²) in [5, 5.41) is 0. The van der Waals surface area contributed by atoms with Gasteiger partial charge in [-0.25, -0.2) is 0 Å². The number of aryl methyl sites for hydroxylation is 2. The summed E-state index contributed by atoms with van der Waals surface area (Å²) in [5.41, 5.74) is 6.05.